The van der Waals surface area contributed by atoms with Crippen molar-refractivity contribution < 1.29 is 19.7 Å². The molecule has 0 aliphatic rings. The average Bonchev–Trinajstić information content (AvgIpc) is 2.65. The molecule has 8 heteroatoms. The summed E-state index contributed by atoms with van der Waals surface area (Å²) in [6.45, 7) is 10.3. The molecule has 0 rings (SSSR count). The largest absolute Gasteiger partial charge is 0.355 e. The summed E-state index contributed by atoms with van der Waals surface area (Å²) in [6.07, 6.45) is 5.99. The van der Waals surface area contributed by atoms with Crippen LogP contribution in [0.3, 0.4) is 0 Å². The Morgan fingerprint density at radius 2 is 1.14 bits per heavy atom. The van der Waals surface area contributed by atoms with Gasteiger partial charge in [-0.05, 0) is 19.3 Å². The fourth-order valence-electron chi connectivity index (χ4n) is 2.52. The van der Waals surface area contributed by atoms with Crippen LogP contribution in [0, 0.1) is 0 Å². The minimum Gasteiger partial charge on any atom is -0.355 e. The van der Waals surface area contributed by atoms with Crippen LogP contribution >= 0.6 is 0 Å². The van der Waals surface area contributed by atoms with Crippen molar-refractivity contribution in [2.45, 2.75) is 59.3 Å². The van der Waals surface area contributed by atoms with Gasteiger partial charge >= 0.3 is 0 Å². The van der Waals surface area contributed by atoms with Gasteiger partial charge in [-0.2, -0.15) is 0 Å². The molecule has 0 saturated heterocycles. The Morgan fingerprint density at radius 1 is 0.714 bits per heavy atom. The summed E-state index contributed by atoms with van der Waals surface area (Å²) in [5.41, 5.74) is 0. The average molecular weight is 401 g/mol. The minimum atomic E-state index is -0.0629. The maximum atomic E-state index is 12.1. The summed E-state index contributed by atoms with van der Waals surface area (Å²) < 4.78 is 0. The zero-order valence-electron chi connectivity index (χ0n) is 18.1. The molecule has 0 unspecified atom stereocenters. The molecule has 0 atom stereocenters. The van der Waals surface area contributed by atoms with Crippen molar-refractivity contribution in [3.05, 3.63) is 0 Å². The van der Waals surface area contributed by atoms with Crippen LogP contribution in [0.25, 0.3) is 0 Å². The predicted octanol–water partition coefficient (Wildman–Crippen LogP) is -0.399. The van der Waals surface area contributed by atoms with Gasteiger partial charge in [0.15, 0.2) is 6.54 Å². The van der Waals surface area contributed by atoms with Crippen LogP contribution in [0.1, 0.15) is 59.3 Å². The lowest BCUT2D eigenvalue weighted by Gasteiger charge is -2.20. The standard InChI is InChI=1S/C20H41N5O3/c1-4-7-10-22-18(26)15-21-13-14-25(16-19(27)23-11-8-5-2)17-20(28)24-12-9-6-3/h21H,4-17H2,1-3H3,(H,22,26)(H,23,27)(H,24,28)/p+1. The molecular formula is C20H42N5O3+. The van der Waals surface area contributed by atoms with Crippen LogP contribution in [0.2, 0.25) is 0 Å². The fraction of sp³-hybridized carbons (Fsp3) is 0.850. The Balaban J connectivity index is 4.29. The number of rotatable bonds is 18. The molecule has 8 nitrogen and oxygen atoms in total. The monoisotopic (exact) mass is 400 g/mol. The number of amides is 3. The first-order valence-electron chi connectivity index (χ1n) is 10.9. The lowest BCUT2D eigenvalue weighted by Crippen LogP contribution is -2.88. The molecule has 0 aromatic carbocycles. The molecule has 0 bridgehead atoms. The van der Waals surface area contributed by atoms with Crippen molar-refractivity contribution in [2.75, 3.05) is 52.4 Å². The lowest BCUT2D eigenvalue weighted by molar-refractivity contribution is -0.643. The summed E-state index contributed by atoms with van der Waals surface area (Å²) in [7, 11) is 0. The number of quaternary nitrogens is 1. The Kier molecular flexibility index (Phi) is 17.6. The van der Waals surface area contributed by atoms with Gasteiger partial charge in [0.25, 0.3) is 5.91 Å². The molecule has 164 valence electrons. The number of nitrogens with two attached hydrogens (primary N) is 1. The van der Waals surface area contributed by atoms with E-state index in [4.69, 9.17) is 0 Å². The van der Waals surface area contributed by atoms with E-state index in [1.54, 1.807) is 0 Å². The van der Waals surface area contributed by atoms with E-state index < -0.39 is 0 Å². The number of carbonyl (C=O) groups is 3. The smallest absolute Gasteiger partial charge is 0.275 e. The van der Waals surface area contributed by atoms with E-state index in [-0.39, 0.29) is 30.8 Å². The third-order valence-electron chi connectivity index (χ3n) is 4.27. The van der Waals surface area contributed by atoms with Gasteiger partial charge in [-0.25, -0.2) is 0 Å². The highest BCUT2D eigenvalue weighted by Gasteiger charge is 2.15. The molecular weight excluding hydrogens is 358 g/mol. The summed E-state index contributed by atoms with van der Waals surface area (Å²) >= 11 is 0. The van der Waals surface area contributed by atoms with Crippen LogP contribution in [0.15, 0.2) is 0 Å². The van der Waals surface area contributed by atoms with Crippen molar-refractivity contribution in [1.29, 1.82) is 0 Å². The number of nitrogens with one attached hydrogen (secondary N) is 3. The Morgan fingerprint density at radius 3 is 1.57 bits per heavy atom. The molecule has 0 aliphatic carbocycles. The fourth-order valence-corrected chi connectivity index (χ4v) is 2.52. The zero-order valence-corrected chi connectivity index (χ0v) is 18.1. The second-order valence-electron chi connectivity index (χ2n) is 7.10. The number of carbonyl (C=O) groups excluding carboxylic acids is 3. The lowest BCUT2D eigenvalue weighted by atomic mass is 10.3. The van der Waals surface area contributed by atoms with E-state index in [1.807, 2.05) is 10.2 Å². The molecule has 0 aliphatic heterocycles. The minimum absolute atomic E-state index is 0.0228. The predicted molar refractivity (Wildman–Crippen MR) is 112 cm³/mol. The van der Waals surface area contributed by atoms with Crippen LogP contribution in [0.5, 0.6) is 0 Å². The number of hydrogen-bond donors (Lipinski definition) is 4. The summed E-state index contributed by atoms with van der Waals surface area (Å²) in [5, 5.41) is 10.6. The van der Waals surface area contributed by atoms with Gasteiger partial charge in [0.2, 0.25) is 11.8 Å². The molecule has 0 aromatic heterocycles. The summed E-state index contributed by atoms with van der Waals surface area (Å²) in [5.74, 6) is -0.103. The molecule has 5 N–H and O–H groups in total. The molecule has 0 heterocycles. The highest BCUT2D eigenvalue weighted by Crippen LogP contribution is 1.90. The molecule has 0 aromatic rings. The molecule has 28 heavy (non-hydrogen) atoms. The van der Waals surface area contributed by atoms with Crippen LogP contribution in [0.4, 0.5) is 0 Å². The quantitative estimate of drug-likeness (QED) is 0.235. The van der Waals surface area contributed by atoms with Gasteiger partial charge in [0, 0.05) is 26.2 Å². The second-order valence-corrected chi connectivity index (χ2v) is 7.10. The number of unbranched alkanes of at least 4 members (excludes halogenated alkanes) is 3. The van der Waals surface area contributed by atoms with Crippen LogP contribution in [-0.2, 0) is 14.4 Å². The van der Waals surface area contributed by atoms with Crippen molar-refractivity contribution in [3.63, 3.8) is 0 Å². The van der Waals surface area contributed by atoms with Crippen molar-refractivity contribution >= 4 is 17.7 Å². The maximum absolute atomic E-state index is 12.1. The Bertz CT molecular complexity index is 408. The van der Waals surface area contributed by atoms with Gasteiger partial charge in [-0.15, -0.1) is 0 Å². The van der Waals surface area contributed by atoms with Gasteiger partial charge in [0.05, 0.1) is 19.6 Å². The van der Waals surface area contributed by atoms with Crippen molar-refractivity contribution in [2.24, 2.45) is 0 Å². The maximum Gasteiger partial charge on any atom is 0.275 e. The molecule has 0 spiro atoms. The molecule has 0 radical (unpaired) electrons. The number of nitrogens with zero attached hydrogens (tertiary/aromatic N) is 1. The summed E-state index contributed by atoms with van der Waals surface area (Å²) in [6, 6.07) is 0. The highest BCUT2D eigenvalue weighted by molar-refractivity contribution is 5.81. The van der Waals surface area contributed by atoms with E-state index in [9.17, 15) is 14.4 Å². The summed E-state index contributed by atoms with van der Waals surface area (Å²) in [4.78, 5) is 37.8. The van der Waals surface area contributed by atoms with Gasteiger partial charge < -0.3 is 21.3 Å². The molecule has 3 amide bonds. The molecule has 0 saturated carbocycles. The first-order chi connectivity index (χ1) is 13.5. The van der Waals surface area contributed by atoms with Gasteiger partial charge in [-0.1, -0.05) is 40.0 Å². The topological polar surface area (TPSA) is 107 Å². The van der Waals surface area contributed by atoms with Crippen molar-refractivity contribution in [1.82, 2.24) is 20.9 Å². The number of hydrogen-bond acceptors (Lipinski definition) is 4. The van der Waals surface area contributed by atoms with E-state index in [0.717, 1.165) is 38.5 Å². The van der Waals surface area contributed by atoms with Crippen molar-refractivity contribution in [3.8, 4) is 0 Å². The first kappa shape index (κ1) is 26.3. The van der Waals surface area contributed by atoms with E-state index >= 15 is 0 Å². The normalized spacial score (nSPS) is 10.7. The van der Waals surface area contributed by atoms with E-state index in [2.05, 4.69) is 36.7 Å². The van der Waals surface area contributed by atoms with Gasteiger partial charge in [-0.3, -0.25) is 19.3 Å². The molecule has 0 fully saturated rings. The van der Waals surface area contributed by atoms with Gasteiger partial charge in [0.1, 0.15) is 0 Å². The highest BCUT2D eigenvalue weighted by atomic mass is 16.2. The second kappa shape index (κ2) is 18.7. The van der Waals surface area contributed by atoms with E-state index in [0.29, 0.717) is 39.3 Å². The third-order valence-corrected chi connectivity index (χ3v) is 4.27. The van der Waals surface area contributed by atoms with Crippen LogP contribution < -0.4 is 21.3 Å². The SMILES string of the molecule is CCCCNC(=O)C[NH2+]CCN(CC(=O)NCCCC)CC(=O)NCCCC. The first-order valence-corrected chi connectivity index (χ1v) is 10.9. The van der Waals surface area contributed by atoms with Crippen LogP contribution in [-0.4, -0.2) is 75.0 Å². The van der Waals surface area contributed by atoms with E-state index in [1.165, 1.54) is 0 Å². The Hall–Kier alpha value is -1.67. The zero-order chi connectivity index (χ0) is 21.0. The third kappa shape index (κ3) is 16.5. The Labute approximate surface area is 170 Å².